The zero-order chi connectivity index (χ0) is 20.4. The molecule has 9 nitrogen and oxygen atoms in total. The number of anilines is 1. The van der Waals surface area contributed by atoms with Crippen molar-refractivity contribution in [3.63, 3.8) is 0 Å². The predicted molar refractivity (Wildman–Crippen MR) is 100 cm³/mol. The summed E-state index contributed by atoms with van der Waals surface area (Å²) in [6.45, 7) is 1.65. The van der Waals surface area contributed by atoms with Crippen LogP contribution in [0.2, 0.25) is 0 Å². The van der Waals surface area contributed by atoms with E-state index in [4.69, 9.17) is 14.2 Å². The Labute approximate surface area is 161 Å². The standard InChI is InChI=1S/C19H20N2O7/c1-2-26-15-8-9-16(17(12-15)21(24)25)20-18(22)13-28-19(23)10-11-27-14-6-4-3-5-7-14/h3-9,12H,2,10-11,13H2,1H3,(H,20,22). The summed E-state index contributed by atoms with van der Waals surface area (Å²) >= 11 is 0. The first-order chi connectivity index (χ1) is 13.5. The third-order valence-corrected chi connectivity index (χ3v) is 3.43. The monoisotopic (exact) mass is 388 g/mol. The number of para-hydroxylation sites is 1. The van der Waals surface area contributed by atoms with Crippen LogP contribution in [0.1, 0.15) is 13.3 Å². The van der Waals surface area contributed by atoms with Crippen molar-refractivity contribution in [3.05, 3.63) is 58.6 Å². The summed E-state index contributed by atoms with van der Waals surface area (Å²) in [6, 6.07) is 13.0. The van der Waals surface area contributed by atoms with Gasteiger partial charge in [0.25, 0.3) is 11.6 Å². The Bertz CT molecular complexity index is 824. The molecule has 2 rings (SSSR count). The van der Waals surface area contributed by atoms with E-state index < -0.39 is 23.4 Å². The number of hydrogen-bond acceptors (Lipinski definition) is 7. The SMILES string of the molecule is CCOc1ccc(NC(=O)COC(=O)CCOc2ccccc2)c([N+](=O)[O-])c1. The van der Waals surface area contributed by atoms with Gasteiger partial charge in [0.05, 0.1) is 30.6 Å². The number of nitrogens with one attached hydrogen (secondary N) is 1. The highest BCUT2D eigenvalue weighted by Crippen LogP contribution is 2.29. The average molecular weight is 388 g/mol. The summed E-state index contributed by atoms with van der Waals surface area (Å²) in [7, 11) is 0. The number of amides is 1. The molecular formula is C19H20N2O7. The fourth-order valence-electron chi connectivity index (χ4n) is 2.20. The molecule has 28 heavy (non-hydrogen) atoms. The van der Waals surface area contributed by atoms with Crippen LogP contribution in [0, 0.1) is 10.1 Å². The molecular weight excluding hydrogens is 368 g/mol. The smallest absolute Gasteiger partial charge is 0.309 e. The molecule has 0 heterocycles. The van der Waals surface area contributed by atoms with Gasteiger partial charge in [-0.05, 0) is 31.2 Å². The molecule has 148 valence electrons. The molecule has 0 saturated heterocycles. The second-order valence-electron chi connectivity index (χ2n) is 5.49. The lowest BCUT2D eigenvalue weighted by Crippen LogP contribution is -2.22. The van der Waals surface area contributed by atoms with E-state index in [1.54, 1.807) is 31.2 Å². The first-order valence-corrected chi connectivity index (χ1v) is 8.54. The number of carbonyl (C=O) groups excluding carboxylic acids is 2. The summed E-state index contributed by atoms with van der Waals surface area (Å²) < 4.78 is 15.4. The lowest BCUT2D eigenvalue weighted by molar-refractivity contribution is -0.384. The van der Waals surface area contributed by atoms with Gasteiger partial charge in [-0.1, -0.05) is 18.2 Å². The van der Waals surface area contributed by atoms with Gasteiger partial charge in [-0.25, -0.2) is 0 Å². The lowest BCUT2D eigenvalue weighted by atomic mass is 10.2. The second-order valence-corrected chi connectivity index (χ2v) is 5.49. The number of hydrogen-bond donors (Lipinski definition) is 1. The molecule has 0 saturated carbocycles. The molecule has 0 aromatic heterocycles. The van der Waals surface area contributed by atoms with Crippen molar-refractivity contribution in [2.75, 3.05) is 25.1 Å². The van der Waals surface area contributed by atoms with Crippen molar-refractivity contribution in [1.82, 2.24) is 0 Å². The number of benzene rings is 2. The second kappa shape index (κ2) is 10.5. The minimum Gasteiger partial charge on any atom is -0.494 e. The molecule has 2 aromatic carbocycles. The van der Waals surface area contributed by atoms with Crippen LogP contribution >= 0.6 is 0 Å². The lowest BCUT2D eigenvalue weighted by Gasteiger charge is -2.09. The molecule has 0 aliphatic rings. The van der Waals surface area contributed by atoms with E-state index >= 15 is 0 Å². The number of nitro benzene ring substituents is 1. The number of carbonyl (C=O) groups is 2. The van der Waals surface area contributed by atoms with Gasteiger partial charge >= 0.3 is 5.97 Å². The highest BCUT2D eigenvalue weighted by atomic mass is 16.6. The van der Waals surface area contributed by atoms with Crippen molar-refractivity contribution >= 4 is 23.3 Å². The Hall–Kier alpha value is -3.62. The molecule has 0 fully saturated rings. The Morgan fingerprint density at radius 2 is 1.82 bits per heavy atom. The van der Waals surface area contributed by atoms with Crippen LogP contribution in [0.3, 0.4) is 0 Å². The number of rotatable bonds is 10. The summed E-state index contributed by atoms with van der Waals surface area (Å²) in [5.41, 5.74) is -0.330. The van der Waals surface area contributed by atoms with Crippen LogP contribution in [0.25, 0.3) is 0 Å². The Balaban J connectivity index is 1.80. The van der Waals surface area contributed by atoms with E-state index in [0.29, 0.717) is 18.1 Å². The van der Waals surface area contributed by atoms with Gasteiger partial charge < -0.3 is 19.5 Å². The fraction of sp³-hybridized carbons (Fsp3) is 0.263. The largest absolute Gasteiger partial charge is 0.494 e. The molecule has 1 N–H and O–H groups in total. The maximum absolute atomic E-state index is 11.9. The van der Waals surface area contributed by atoms with E-state index in [9.17, 15) is 19.7 Å². The quantitative estimate of drug-likeness (QED) is 0.378. The number of ether oxygens (including phenoxy) is 3. The molecule has 0 radical (unpaired) electrons. The number of nitrogens with zero attached hydrogens (tertiary/aromatic N) is 1. The molecule has 9 heteroatoms. The van der Waals surface area contributed by atoms with Crippen LogP contribution in [0.5, 0.6) is 11.5 Å². The van der Waals surface area contributed by atoms with Crippen LogP contribution in [-0.2, 0) is 14.3 Å². The highest BCUT2D eigenvalue weighted by Gasteiger charge is 2.18. The van der Waals surface area contributed by atoms with E-state index in [0.717, 1.165) is 0 Å². The average Bonchev–Trinajstić information content (AvgIpc) is 2.68. The number of esters is 1. The minimum absolute atomic E-state index is 0.0121. The zero-order valence-corrected chi connectivity index (χ0v) is 15.3. The molecule has 2 aromatic rings. The van der Waals surface area contributed by atoms with Crippen molar-refractivity contribution in [1.29, 1.82) is 0 Å². The van der Waals surface area contributed by atoms with Crippen molar-refractivity contribution in [2.24, 2.45) is 0 Å². The van der Waals surface area contributed by atoms with E-state index in [-0.39, 0.29) is 24.4 Å². The number of nitro groups is 1. The summed E-state index contributed by atoms with van der Waals surface area (Å²) in [4.78, 5) is 34.1. The Morgan fingerprint density at radius 3 is 2.50 bits per heavy atom. The van der Waals surface area contributed by atoms with Gasteiger partial charge in [0, 0.05) is 0 Å². The van der Waals surface area contributed by atoms with Crippen LogP contribution in [0.15, 0.2) is 48.5 Å². The van der Waals surface area contributed by atoms with Gasteiger partial charge in [0.1, 0.15) is 17.2 Å². The molecule has 0 aliphatic carbocycles. The minimum atomic E-state index is -0.690. The van der Waals surface area contributed by atoms with E-state index in [1.165, 1.54) is 18.2 Å². The molecule has 0 spiro atoms. The maximum Gasteiger partial charge on any atom is 0.309 e. The van der Waals surface area contributed by atoms with Crippen molar-refractivity contribution in [2.45, 2.75) is 13.3 Å². The van der Waals surface area contributed by atoms with Crippen LogP contribution < -0.4 is 14.8 Å². The summed E-state index contributed by atoms with van der Waals surface area (Å²) in [5, 5.41) is 13.5. The first-order valence-electron chi connectivity index (χ1n) is 8.54. The zero-order valence-electron chi connectivity index (χ0n) is 15.3. The molecule has 0 bridgehead atoms. The molecule has 0 unspecified atom stereocenters. The Morgan fingerprint density at radius 1 is 1.07 bits per heavy atom. The molecule has 0 aliphatic heterocycles. The molecule has 0 atom stereocenters. The van der Waals surface area contributed by atoms with Crippen LogP contribution in [0.4, 0.5) is 11.4 Å². The third kappa shape index (κ3) is 6.60. The molecule has 1 amide bonds. The predicted octanol–water partition coefficient (Wildman–Crippen LogP) is 2.94. The van der Waals surface area contributed by atoms with Gasteiger partial charge in [-0.15, -0.1) is 0 Å². The summed E-state index contributed by atoms with van der Waals surface area (Å²) in [5.74, 6) is -0.371. The van der Waals surface area contributed by atoms with Crippen molar-refractivity contribution < 1.29 is 28.7 Å². The van der Waals surface area contributed by atoms with Gasteiger partial charge in [-0.2, -0.15) is 0 Å². The van der Waals surface area contributed by atoms with Crippen molar-refractivity contribution in [3.8, 4) is 11.5 Å². The van der Waals surface area contributed by atoms with Gasteiger partial charge in [-0.3, -0.25) is 19.7 Å². The van der Waals surface area contributed by atoms with Gasteiger partial charge in [0.2, 0.25) is 0 Å². The fourth-order valence-corrected chi connectivity index (χ4v) is 2.20. The highest BCUT2D eigenvalue weighted by molar-refractivity contribution is 5.95. The first kappa shape index (κ1) is 20.7. The third-order valence-electron chi connectivity index (χ3n) is 3.43. The van der Waals surface area contributed by atoms with Crippen LogP contribution in [-0.4, -0.2) is 36.6 Å². The Kier molecular flexibility index (Phi) is 7.77. The van der Waals surface area contributed by atoms with E-state index in [2.05, 4.69) is 5.32 Å². The van der Waals surface area contributed by atoms with Gasteiger partial charge in [0.15, 0.2) is 6.61 Å². The topological polar surface area (TPSA) is 117 Å². The summed E-state index contributed by atoms with van der Waals surface area (Å²) in [6.07, 6.45) is -0.0363. The maximum atomic E-state index is 11.9. The normalized spacial score (nSPS) is 10.0. The van der Waals surface area contributed by atoms with E-state index in [1.807, 2.05) is 6.07 Å².